The Labute approximate surface area is 170 Å². The van der Waals surface area contributed by atoms with Crippen LogP contribution in [0, 0.1) is 17.8 Å². The van der Waals surface area contributed by atoms with E-state index in [1.54, 1.807) is 18.2 Å². The lowest BCUT2D eigenvalue weighted by atomic mass is 9.76. The summed E-state index contributed by atoms with van der Waals surface area (Å²) in [6, 6.07) is 4.98. The van der Waals surface area contributed by atoms with E-state index >= 15 is 0 Å². The third-order valence-electron chi connectivity index (χ3n) is 6.23. The normalized spacial score (nSPS) is 31.1. The van der Waals surface area contributed by atoms with Crippen molar-refractivity contribution in [1.82, 2.24) is 10.2 Å². The zero-order valence-electron chi connectivity index (χ0n) is 16.4. The molecule has 3 amide bonds. The molecule has 1 aromatic rings. The van der Waals surface area contributed by atoms with E-state index in [1.165, 1.54) is 4.90 Å². The van der Waals surface area contributed by atoms with Crippen LogP contribution < -0.4 is 10.6 Å². The maximum absolute atomic E-state index is 13.4. The van der Waals surface area contributed by atoms with Gasteiger partial charge in [-0.05, 0) is 37.0 Å². The number of hydrogen-bond acceptors (Lipinski definition) is 4. The summed E-state index contributed by atoms with van der Waals surface area (Å²) in [6.07, 6.45) is 2.37. The Morgan fingerprint density at radius 1 is 1.21 bits per heavy atom. The highest BCUT2D eigenvalue weighted by Gasteiger charge is 2.70. The van der Waals surface area contributed by atoms with Crippen LogP contribution in [0.1, 0.15) is 45.6 Å². The van der Waals surface area contributed by atoms with Crippen LogP contribution in [0.3, 0.4) is 0 Å². The third kappa shape index (κ3) is 2.61. The van der Waals surface area contributed by atoms with Gasteiger partial charge in [0.2, 0.25) is 17.7 Å². The molecule has 6 nitrogen and oxygen atoms in total. The van der Waals surface area contributed by atoms with E-state index < -0.39 is 17.4 Å². The van der Waals surface area contributed by atoms with Crippen molar-refractivity contribution in [3.05, 3.63) is 28.8 Å². The van der Waals surface area contributed by atoms with Gasteiger partial charge < -0.3 is 5.32 Å². The number of unbranched alkanes of at least 4 members (excludes halogenated alkanes) is 1. The molecule has 3 aliphatic heterocycles. The summed E-state index contributed by atoms with van der Waals surface area (Å²) >= 11 is 6.23. The average Bonchev–Trinajstić information content (AvgIpc) is 3.19. The quantitative estimate of drug-likeness (QED) is 0.741. The molecule has 2 fully saturated rings. The first kappa shape index (κ1) is 19.4. The van der Waals surface area contributed by atoms with Gasteiger partial charge in [0.1, 0.15) is 5.54 Å². The van der Waals surface area contributed by atoms with Crippen molar-refractivity contribution in [3.63, 3.8) is 0 Å². The van der Waals surface area contributed by atoms with Gasteiger partial charge in [-0.2, -0.15) is 0 Å². The molecule has 0 radical (unpaired) electrons. The molecule has 150 valence electrons. The van der Waals surface area contributed by atoms with E-state index in [-0.39, 0.29) is 23.8 Å². The molecule has 1 aromatic carbocycles. The van der Waals surface area contributed by atoms with Crippen LogP contribution in [0.2, 0.25) is 5.02 Å². The number of fused-ring (bicyclic) bond motifs is 4. The Hall–Kier alpha value is -1.92. The van der Waals surface area contributed by atoms with Gasteiger partial charge in [0.15, 0.2) is 0 Å². The van der Waals surface area contributed by atoms with E-state index in [0.29, 0.717) is 35.2 Å². The standard InChI is InChI=1S/C21H26ClN3O3/c1-4-5-8-25-18(26)16-15(9-11(2)3)24-21(17(16)19(25)27)13-10-12(22)6-7-14(13)23-20(21)28/h6-7,10-11,15-17,24H,4-5,8-9H2,1-3H3,(H,23,28)/t15-,16+,17+,21-/m0/s1. The van der Waals surface area contributed by atoms with Crippen LogP contribution in [0.25, 0.3) is 0 Å². The number of halogens is 1. The Balaban J connectivity index is 1.84. The number of rotatable bonds is 5. The summed E-state index contributed by atoms with van der Waals surface area (Å²) in [5, 5.41) is 6.83. The highest BCUT2D eigenvalue weighted by molar-refractivity contribution is 6.31. The van der Waals surface area contributed by atoms with Crippen molar-refractivity contribution in [2.75, 3.05) is 11.9 Å². The molecule has 2 saturated heterocycles. The molecule has 0 aliphatic carbocycles. The topological polar surface area (TPSA) is 78.5 Å². The molecule has 3 heterocycles. The second-order valence-corrected chi connectivity index (χ2v) is 8.95. The van der Waals surface area contributed by atoms with Crippen LogP contribution in [-0.2, 0) is 19.9 Å². The number of nitrogens with zero attached hydrogens (tertiary/aromatic N) is 1. The number of imide groups is 1. The molecule has 2 N–H and O–H groups in total. The number of carbonyl (C=O) groups is 3. The first-order valence-corrected chi connectivity index (χ1v) is 10.4. The molecule has 0 unspecified atom stereocenters. The summed E-state index contributed by atoms with van der Waals surface area (Å²) in [6.45, 7) is 6.60. The molecule has 1 spiro atoms. The van der Waals surface area contributed by atoms with Gasteiger partial charge in [-0.3, -0.25) is 24.6 Å². The summed E-state index contributed by atoms with van der Waals surface area (Å²) in [5.41, 5.74) is 0.0842. The van der Waals surface area contributed by atoms with Gasteiger partial charge in [-0.25, -0.2) is 0 Å². The van der Waals surface area contributed by atoms with Gasteiger partial charge in [0.05, 0.1) is 11.8 Å². The van der Waals surface area contributed by atoms with Gasteiger partial charge in [0.25, 0.3) is 0 Å². The van der Waals surface area contributed by atoms with Crippen molar-refractivity contribution in [1.29, 1.82) is 0 Å². The van der Waals surface area contributed by atoms with E-state index in [4.69, 9.17) is 11.6 Å². The Bertz CT molecular complexity index is 855. The molecule has 4 atom stereocenters. The second-order valence-electron chi connectivity index (χ2n) is 8.52. The molecular formula is C21H26ClN3O3. The largest absolute Gasteiger partial charge is 0.324 e. The predicted molar refractivity (Wildman–Crippen MR) is 107 cm³/mol. The fourth-order valence-corrected chi connectivity index (χ4v) is 5.25. The van der Waals surface area contributed by atoms with Crippen LogP contribution in [0.4, 0.5) is 5.69 Å². The predicted octanol–water partition coefficient (Wildman–Crippen LogP) is 2.91. The zero-order chi connectivity index (χ0) is 20.2. The third-order valence-corrected chi connectivity index (χ3v) is 6.46. The van der Waals surface area contributed by atoms with Gasteiger partial charge in [0, 0.05) is 28.9 Å². The number of likely N-dealkylation sites (tertiary alicyclic amines) is 1. The molecular weight excluding hydrogens is 378 g/mol. The highest BCUT2D eigenvalue weighted by Crippen LogP contribution is 2.54. The highest BCUT2D eigenvalue weighted by atomic mass is 35.5. The molecule has 0 aromatic heterocycles. The summed E-state index contributed by atoms with van der Waals surface area (Å²) in [4.78, 5) is 41.2. The van der Waals surface area contributed by atoms with Crippen molar-refractivity contribution in [2.45, 2.75) is 51.6 Å². The average molecular weight is 404 g/mol. The Morgan fingerprint density at radius 2 is 1.96 bits per heavy atom. The molecule has 3 aliphatic rings. The molecule has 0 bridgehead atoms. The fourth-order valence-electron chi connectivity index (χ4n) is 5.08. The number of carbonyl (C=O) groups excluding carboxylic acids is 3. The van der Waals surface area contributed by atoms with E-state index in [0.717, 1.165) is 12.8 Å². The van der Waals surface area contributed by atoms with E-state index in [1.807, 2.05) is 6.92 Å². The smallest absolute Gasteiger partial charge is 0.250 e. The lowest BCUT2D eigenvalue weighted by Gasteiger charge is -2.30. The molecule has 0 saturated carbocycles. The van der Waals surface area contributed by atoms with E-state index in [9.17, 15) is 14.4 Å². The molecule has 4 rings (SSSR count). The molecule has 28 heavy (non-hydrogen) atoms. The van der Waals surface area contributed by atoms with Gasteiger partial charge in [-0.15, -0.1) is 0 Å². The lowest BCUT2D eigenvalue weighted by molar-refractivity contribution is -0.142. The van der Waals surface area contributed by atoms with Gasteiger partial charge >= 0.3 is 0 Å². The monoisotopic (exact) mass is 403 g/mol. The number of benzene rings is 1. The van der Waals surface area contributed by atoms with Crippen LogP contribution in [-0.4, -0.2) is 35.2 Å². The number of nitrogens with one attached hydrogen (secondary N) is 2. The lowest BCUT2D eigenvalue weighted by Crippen LogP contribution is -2.53. The minimum atomic E-state index is -1.24. The number of anilines is 1. The first-order chi connectivity index (χ1) is 13.3. The first-order valence-electron chi connectivity index (χ1n) is 10.1. The second kappa shape index (κ2) is 6.85. The van der Waals surface area contributed by atoms with Crippen LogP contribution in [0.5, 0.6) is 0 Å². The maximum atomic E-state index is 13.4. The van der Waals surface area contributed by atoms with Crippen molar-refractivity contribution < 1.29 is 14.4 Å². The Kier molecular flexibility index (Phi) is 4.74. The maximum Gasteiger partial charge on any atom is 0.250 e. The van der Waals surface area contributed by atoms with Crippen LogP contribution in [0.15, 0.2) is 18.2 Å². The van der Waals surface area contributed by atoms with E-state index in [2.05, 4.69) is 24.5 Å². The summed E-state index contributed by atoms with van der Waals surface area (Å²) in [7, 11) is 0. The van der Waals surface area contributed by atoms with Crippen molar-refractivity contribution >= 4 is 35.0 Å². The van der Waals surface area contributed by atoms with Crippen molar-refractivity contribution in [2.24, 2.45) is 17.8 Å². The number of hydrogen-bond donors (Lipinski definition) is 2. The summed E-state index contributed by atoms with van der Waals surface area (Å²) < 4.78 is 0. The molecule has 7 heteroatoms. The van der Waals surface area contributed by atoms with Gasteiger partial charge in [-0.1, -0.05) is 38.8 Å². The number of amides is 3. The fraction of sp³-hybridized carbons (Fsp3) is 0.571. The minimum absolute atomic E-state index is 0.151. The minimum Gasteiger partial charge on any atom is -0.324 e. The SMILES string of the molecule is CCCCN1C(=O)[C@@H]2[C@H](CC(C)C)N[C@]3(C(=O)Nc4ccc(Cl)cc43)[C@H]2C1=O. The summed E-state index contributed by atoms with van der Waals surface area (Å²) in [5.74, 6) is -1.61. The zero-order valence-corrected chi connectivity index (χ0v) is 17.2. The Morgan fingerprint density at radius 3 is 2.64 bits per heavy atom. The van der Waals surface area contributed by atoms with Crippen molar-refractivity contribution in [3.8, 4) is 0 Å². The van der Waals surface area contributed by atoms with Crippen LogP contribution >= 0.6 is 11.6 Å².